The number of aromatic nitrogens is 2. The van der Waals surface area contributed by atoms with E-state index >= 15 is 0 Å². The predicted molar refractivity (Wildman–Crippen MR) is 86.0 cm³/mol. The largest absolute Gasteiger partial charge is 0.395 e. The van der Waals surface area contributed by atoms with Crippen molar-refractivity contribution < 1.29 is 5.11 Å². The number of likely N-dealkylation sites (N-methyl/N-ethyl adjacent to an activating group) is 1. The topological polar surface area (TPSA) is 69.2 Å². The molecule has 0 aliphatic rings. The lowest BCUT2D eigenvalue weighted by molar-refractivity contribution is 0.303. The van der Waals surface area contributed by atoms with Gasteiger partial charge < -0.3 is 10.0 Å². The number of benzene rings is 1. The van der Waals surface area contributed by atoms with E-state index in [0.717, 1.165) is 11.1 Å². The monoisotopic (exact) mass is 301 g/mol. The van der Waals surface area contributed by atoms with E-state index in [1.165, 1.54) is 11.3 Å². The van der Waals surface area contributed by atoms with Crippen molar-refractivity contribution in [3.8, 4) is 11.1 Å². The zero-order valence-corrected chi connectivity index (χ0v) is 12.4. The number of hydrogen-bond acceptors (Lipinski definition) is 5. The molecule has 0 aliphatic heterocycles. The maximum Gasteiger partial charge on any atom is 0.270 e. The Morgan fingerprint density at radius 2 is 2.10 bits per heavy atom. The van der Waals surface area contributed by atoms with Crippen LogP contribution in [0.25, 0.3) is 21.3 Å². The summed E-state index contributed by atoms with van der Waals surface area (Å²) >= 11 is 1.40. The zero-order valence-electron chi connectivity index (χ0n) is 11.5. The van der Waals surface area contributed by atoms with E-state index in [1.807, 2.05) is 35.7 Å². The first-order valence-electron chi connectivity index (χ1n) is 6.59. The predicted octanol–water partition coefficient (Wildman–Crippen LogP) is 2.08. The third-order valence-corrected chi connectivity index (χ3v) is 4.26. The highest BCUT2D eigenvalue weighted by Crippen LogP contribution is 2.31. The summed E-state index contributed by atoms with van der Waals surface area (Å²) in [4.78, 5) is 21.2. The van der Waals surface area contributed by atoms with Gasteiger partial charge in [-0.3, -0.25) is 9.78 Å². The van der Waals surface area contributed by atoms with Gasteiger partial charge in [-0.2, -0.15) is 0 Å². The summed E-state index contributed by atoms with van der Waals surface area (Å²) in [6.07, 6.45) is 0. The Morgan fingerprint density at radius 3 is 2.81 bits per heavy atom. The third-order valence-electron chi connectivity index (χ3n) is 3.30. The number of fused-ring (bicyclic) bond motifs is 1. The molecule has 6 heteroatoms. The van der Waals surface area contributed by atoms with Crippen molar-refractivity contribution in [2.75, 3.05) is 25.1 Å². The quantitative estimate of drug-likeness (QED) is 0.774. The van der Waals surface area contributed by atoms with Gasteiger partial charge in [-0.1, -0.05) is 30.3 Å². The van der Waals surface area contributed by atoms with Gasteiger partial charge in [0.2, 0.25) is 5.95 Å². The van der Waals surface area contributed by atoms with Gasteiger partial charge in [0.15, 0.2) is 0 Å². The Hall–Kier alpha value is -2.18. The molecule has 0 saturated carbocycles. The Labute approximate surface area is 125 Å². The second-order valence-corrected chi connectivity index (χ2v) is 5.61. The van der Waals surface area contributed by atoms with E-state index in [0.29, 0.717) is 22.7 Å². The highest BCUT2D eigenvalue weighted by atomic mass is 32.1. The zero-order chi connectivity index (χ0) is 14.8. The van der Waals surface area contributed by atoms with Crippen molar-refractivity contribution in [1.82, 2.24) is 9.97 Å². The minimum absolute atomic E-state index is 0.00737. The summed E-state index contributed by atoms with van der Waals surface area (Å²) in [6, 6.07) is 9.89. The van der Waals surface area contributed by atoms with Crippen molar-refractivity contribution in [1.29, 1.82) is 0 Å². The molecule has 108 valence electrons. The first-order chi connectivity index (χ1) is 10.2. The number of rotatable bonds is 4. The Bertz CT molecular complexity index is 811. The smallest absolute Gasteiger partial charge is 0.270 e. The van der Waals surface area contributed by atoms with E-state index in [1.54, 1.807) is 11.9 Å². The van der Waals surface area contributed by atoms with Gasteiger partial charge in [-0.05, 0) is 5.56 Å². The van der Waals surface area contributed by atoms with Crippen LogP contribution >= 0.6 is 11.3 Å². The maximum absolute atomic E-state index is 12.2. The van der Waals surface area contributed by atoms with Crippen molar-refractivity contribution in [2.45, 2.75) is 0 Å². The molecule has 0 aliphatic carbocycles. The Balaban J connectivity index is 2.18. The first kappa shape index (κ1) is 13.8. The summed E-state index contributed by atoms with van der Waals surface area (Å²) in [7, 11) is 1.79. The molecule has 2 N–H and O–H groups in total. The number of aliphatic hydroxyl groups excluding tert-OH is 1. The molecule has 0 bridgehead atoms. The van der Waals surface area contributed by atoms with E-state index in [9.17, 15) is 4.79 Å². The van der Waals surface area contributed by atoms with E-state index in [-0.39, 0.29) is 12.2 Å². The molecule has 0 radical (unpaired) electrons. The van der Waals surface area contributed by atoms with Gasteiger partial charge in [-0.25, -0.2) is 4.98 Å². The van der Waals surface area contributed by atoms with Crippen molar-refractivity contribution in [3.63, 3.8) is 0 Å². The molecule has 0 unspecified atom stereocenters. The summed E-state index contributed by atoms with van der Waals surface area (Å²) in [5, 5.41) is 11.0. The van der Waals surface area contributed by atoms with Crippen molar-refractivity contribution in [3.05, 3.63) is 46.1 Å². The second kappa shape index (κ2) is 5.67. The molecule has 2 aromatic heterocycles. The van der Waals surface area contributed by atoms with Crippen LogP contribution in [-0.2, 0) is 0 Å². The van der Waals surface area contributed by atoms with Crippen LogP contribution in [0.2, 0.25) is 0 Å². The molecule has 5 nitrogen and oxygen atoms in total. The van der Waals surface area contributed by atoms with Gasteiger partial charge in [-0.15, -0.1) is 11.3 Å². The minimum Gasteiger partial charge on any atom is -0.395 e. The van der Waals surface area contributed by atoms with Crippen LogP contribution in [-0.4, -0.2) is 35.3 Å². The van der Waals surface area contributed by atoms with Gasteiger partial charge in [0, 0.05) is 24.5 Å². The fourth-order valence-electron chi connectivity index (χ4n) is 2.18. The van der Waals surface area contributed by atoms with E-state index in [2.05, 4.69) is 9.97 Å². The van der Waals surface area contributed by atoms with Crippen LogP contribution in [0, 0.1) is 0 Å². The molecule has 0 spiro atoms. The highest BCUT2D eigenvalue weighted by molar-refractivity contribution is 7.17. The fraction of sp³-hybridized carbons (Fsp3) is 0.200. The number of thiophene rings is 1. The standard InChI is InChI=1S/C15H15N3O2S/c1-18(7-8-19)15-16-12-11(10-5-3-2-4-6-10)9-21-13(12)14(20)17-15/h2-6,9,19H,7-8H2,1H3,(H,16,17,20). The molecule has 0 saturated heterocycles. The molecule has 1 aromatic carbocycles. The van der Waals surface area contributed by atoms with Crippen LogP contribution in [0.3, 0.4) is 0 Å². The summed E-state index contributed by atoms with van der Waals surface area (Å²) in [6.45, 7) is 0.423. The Kier molecular flexibility index (Phi) is 3.72. The average Bonchev–Trinajstić information content (AvgIpc) is 2.93. The molecule has 0 atom stereocenters. The number of aliphatic hydroxyl groups is 1. The molecular formula is C15H15N3O2S. The number of hydrogen-bond donors (Lipinski definition) is 2. The summed E-state index contributed by atoms with van der Waals surface area (Å²) < 4.78 is 0.620. The lowest BCUT2D eigenvalue weighted by Crippen LogP contribution is -2.25. The number of aromatic amines is 1. The number of H-pyrrole nitrogens is 1. The van der Waals surface area contributed by atoms with Crippen molar-refractivity contribution in [2.24, 2.45) is 0 Å². The van der Waals surface area contributed by atoms with Gasteiger partial charge in [0.1, 0.15) is 4.70 Å². The molecule has 0 amide bonds. The molecular weight excluding hydrogens is 286 g/mol. The molecule has 3 rings (SSSR count). The number of nitrogens with one attached hydrogen (secondary N) is 1. The van der Waals surface area contributed by atoms with Gasteiger partial charge >= 0.3 is 0 Å². The minimum atomic E-state index is -0.146. The second-order valence-electron chi connectivity index (χ2n) is 4.73. The van der Waals surface area contributed by atoms with E-state index < -0.39 is 0 Å². The first-order valence-corrected chi connectivity index (χ1v) is 7.47. The lowest BCUT2D eigenvalue weighted by atomic mass is 10.1. The molecule has 2 heterocycles. The Morgan fingerprint density at radius 1 is 1.33 bits per heavy atom. The van der Waals surface area contributed by atoms with Crippen LogP contribution in [0.15, 0.2) is 40.5 Å². The maximum atomic E-state index is 12.2. The van der Waals surface area contributed by atoms with E-state index in [4.69, 9.17) is 5.11 Å². The number of nitrogens with zero attached hydrogens (tertiary/aromatic N) is 2. The van der Waals surface area contributed by atoms with Gasteiger partial charge in [0.25, 0.3) is 5.56 Å². The van der Waals surface area contributed by atoms with Crippen molar-refractivity contribution >= 4 is 27.5 Å². The fourth-order valence-corrected chi connectivity index (χ4v) is 3.08. The summed E-state index contributed by atoms with van der Waals surface area (Å²) in [5.41, 5.74) is 2.56. The molecule has 21 heavy (non-hydrogen) atoms. The lowest BCUT2D eigenvalue weighted by Gasteiger charge is -2.15. The molecule has 3 aromatic rings. The average molecular weight is 301 g/mol. The highest BCUT2D eigenvalue weighted by Gasteiger charge is 2.13. The SMILES string of the molecule is CN(CCO)c1nc2c(-c3ccccc3)csc2c(=O)[nH]1. The van der Waals surface area contributed by atoms with Crippen LogP contribution in [0.5, 0.6) is 0 Å². The normalized spacial score (nSPS) is 11.0. The number of anilines is 1. The third kappa shape index (κ3) is 2.55. The van der Waals surface area contributed by atoms with Crippen LogP contribution < -0.4 is 10.5 Å². The summed E-state index contributed by atoms with van der Waals surface area (Å²) in [5.74, 6) is 0.470. The molecule has 0 fully saturated rings. The van der Waals surface area contributed by atoms with Gasteiger partial charge in [0.05, 0.1) is 12.1 Å². The van der Waals surface area contributed by atoms with Crippen LogP contribution in [0.4, 0.5) is 5.95 Å². The van der Waals surface area contributed by atoms with Crippen LogP contribution in [0.1, 0.15) is 0 Å².